The minimum absolute atomic E-state index is 0.130. The van der Waals surface area contributed by atoms with Crippen LogP contribution in [-0.4, -0.2) is 41.1 Å². The number of carbonyl (C=O) groups is 1. The summed E-state index contributed by atoms with van der Waals surface area (Å²) in [5.74, 6) is 1.16. The van der Waals surface area contributed by atoms with Gasteiger partial charge in [0.15, 0.2) is 0 Å². The van der Waals surface area contributed by atoms with Crippen LogP contribution < -0.4 is 5.32 Å². The van der Waals surface area contributed by atoms with Crippen molar-refractivity contribution < 1.29 is 9.90 Å². The third kappa shape index (κ3) is 3.45. The average molecular weight is 397 g/mol. The van der Waals surface area contributed by atoms with E-state index in [9.17, 15) is 9.90 Å². The van der Waals surface area contributed by atoms with Crippen LogP contribution in [0.15, 0.2) is 48.5 Å². The number of amides is 1. The van der Waals surface area contributed by atoms with Crippen LogP contribution in [0.25, 0.3) is 0 Å². The van der Waals surface area contributed by atoms with Gasteiger partial charge in [0.1, 0.15) is 0 Å². The summed E-state index contributed by atoms with van der Waals surface area (Å²) in [6.45, 7) is 3.06. The molecule has 2 atom stereocenters. The number of likely N-dealkylation sites (tertiary alicyclic amines) is 1. The van der Waals surface area contributed by atoms with Gasteiger partial charge in [-0.05, 0) is 40.7 Å². The highest BCUT2D eigenvalue weighted by molar-refractivity contribution is 6.30. The maximum atomic E-state index is 12.5. The Kier molecular flexibility index (Phi) is 4.46. The summed E-state index contributed by atoms with van der Waals surface area (Å²) < 4.78 is 0. The lowest BCUT2D eigenvalue weighted by molar-refractivity contribution is -0.123. The molecule has 4 nitrogen and oxygen atoms in total. The Morgan fingerprint density at radius 3 is 2.43 bits per heavy atom. The van der Waals surface area contributed by atoms with E-state index in [1.54, 1.807) is 0 Å². The van der Waals surface area contributed by atoms with Crippen LogP contribution in [0.1, 0.15) is 16.7 Å². The molecule has 2 aromatic carbocycles. The van der Waals surface area contributed by atoms with Crippen LogP contribution in [0.3, 0.4) is 0 Å². The van der Waals surface area contributed by atoms with Gasteiger partial charge in [-0.15, -0.1) is 0 Å². The first-order valence-corrected chi connectivity index (χ1v) is 10.4. The van der Waals surface area contributed by atoms with E-state index in [-0.39, 0.29) is 11.8 Å². The molecule has 1 amide bonds. The van der Waals surface area contributed by atoms with E-state index in [1.165, 1.54) is 11.1 Å². The molecule has 0 radical (unpaired) electrons. The van der Waals surface area contributed by atoms with Gasteiger partial charge in [0.05, 0.1) is 5.60 Å². The van der Waals surface area contributed by atoms with Crippen molar-refractivity contribution >= 4 is 17.5 Å². The zero-order valence-corrected chi connectivity index (χ0v) is 16.5. The van der Waals surface area contributed by atoms with Gasteiger partial charge < -0.3 is 10.4 Å². The molecule has 1 saturated carbocycles. The quantitative estimate of drug-likeness (QED) is 0.817. The largest absolute Gasteiger partial charge is 0.388 e. The molecule has 1 saturated heterocycles. The number of nitrogens with zero attached hydrogens (tertiary/aromatic N) is 1. The Morgan fingerprint density at radius 1 is 1.11 bits per heavy atom. The zero-order valence-electron chi connectivity index (χ0n) is 15.8. The number of carbonyl (C=O) groups excluding carboxylic acids is 1. The topological polar surface area (TPSA) is 52.6 Å². The molecule has 3 aliphatic rings. The highest BCUT2D eigenvalue weighted by Crippen LogP contribution is 2.52. The van der Waals surface area contributed by atoms with E-state index in [0.717, 1.165) is 31.5 Å². The van der Waals surface area contributed by atoms with Gasteiger partial charge in [-0.3, -0.25) is 9.69 Å². The minimum atomic E-state index is -0.662. The first kappa shape index (κ1) is 18.2. The minimum Gasteiger partial charge on any atom is -0.388 e. The molecule has 5 heteroatoms. The summed E-state index contributed by atoms with van der Waals surface area (Å²) in [6.07, 6.45) is 1.47. The summed E-state index contributed by atoms with van der Waals surface area (Å²) in [5, 5.41) is 14.8. The van der Waals surface area contributed by atoms with Crippen molar-refractivity contribution in [2.45, 2.75) is 25.0 Å². The van der Waals surface area contributed by atoms with Crippen molar-refractivity contribution in [2.75, 3.05) is 19.6 Å². The monoisotopic (exact) mass is 396 g/mol. The molecular weight excluding hydrogens is 372 g/mol. The maximum Gasteiger partial charge on any atom is 0.224 e. The van der Waals surface area contributed by atoms with Crippen molar-refractivity contribution in [3.63, 3.8) is 0 Å². The van der Waals surface area contributed by atoms with Gasteiger partial charge in [0.2, 0.25) is 5.91 Å². The van der Waals surface area contributed by atoms with Crippen molar-refractivity contribution in [1.82, 2.24) is 10.2 Å². The SMILES string of the molecule is O=C(NCc1cccc(Cl)c1)C1C2CN(CC3(O)Cc4ccccc4C3)CC21. The molecule has 2 unspecified atom stereocenters. The van der Waals surface area contributed by atoms with Crippen LogP contribution in [-0.2, 0) is 24.2 Å². The lowest BCUT2D eigenvalue weighted by atomic mass is 9.99. The highest BCUT2D eigenvalue weighted by atomic mass is 35.5. The van der Waals surface area contributed by atoms with Gasteiger partial charge in [-0.2, -0.15) is 0 Å². The van der Waals surface area contributed by atoms with Crippen LogP contribution >= 0.6 is 11.6 Å². The molecule has 2 fully saturated rings. The molecule has 0 spiro atoms. The second kappa shape index (κ2) is 6.87. The van der Waals surface area contributed by atoms with Crippen molar-refractivity contribution in [3.05, 3.63) is 70.2 Å². The molecule has 0 bridgehead atoms. The smallest absolute Gasteiger partial charge is 0.224 e. The fourth-order valence-electron chi connectivity index (χ4n) is 5.29. The molecule has 2 N–H and O–H groups in total. The fraction of sp³-hybridized carbons (Fsp3) is 0.435. The number of piperidine rings is 1. The molecule has 1 aliphatic heterocycles. The Balaban J connectivity index is 1.11. The summed E-state index contributed by atoms with van der Waals surface area (Å²) in [4.78, 5) is 14.9. The van der Waals surface area contributed by atoms with Crippen molar-refractivity contribution in [3.8, 4) is 0 Å². The standard InChI is InChI=1S/C23H25ClN2O2/c24-18-7-3-4-15(8-18)11-25-22(27)21-19-12-26(13-20(19)21)14-23(28)9-16-5-1-2-6-17(16)10-23/h1-8,19-21,28H,9-14H2,(H,25,27). The average Bonchev–Trinajstić information content (AvgIpc) is 3.00. The fourth-order valence-corrected chi connectivity index (χ4v) is 5.50. The summed E-state index contributed by atoms with van der Waals surface area (Å²) >= 11 is 6.00. The third-order valence-electron chi connectivity index (χ3n) is 6.60. The van der Waals surface area contributed by atoms with E-state index < -0.39 is 5.60 Å². The molecule has 146 valence electrons. The third-order valence-corrected chi connectivity index (χ3v) is 6.84. The molecule has 0 aromatic heterocycles. The first-order chi connectivity index (χ1) is 13.5. The predicted molar refractivity (Wildman–Crippen MR) is 109 cm³/mol. The number of β-amino-alcohol motifs (C(OH)–C–C–N with tert-alkyl or cyclic N) is 1. The Labute approximate surface area is 170 Å². The Bertz CT molecular complexity index is 878. The molecule has 1 heterocycles. The normalized spacial score (nSPS) is 27.3. The number of aliphatic hydroxyl groups is 1. The number of rotatable bonds is 5. The van der Waals surface area contributed by atoms with Crippen LogP contribution in [0.2, 0.25) is 5.02 Å². The lowest BCUT2D eigenvalue weighted by Gasteiger charge is -2.30. The predicted octanol–water partition coefficient (Wildman–Crippen LogP) is 2.66. The van der Waals surface area contributed by atoms with Crippen LogP contribution in [0, 0.1) is 17.8 Å². The number of hydrogen-bond donors (Lipinski definition) is 2. The Hall–Kier alpha value is -1.88. The second-order valence-corrected chi connectivity index (χ2v) is 9.18. The number of nitrogens with one attached hydrogen (secondary N) is 1. The van der Waals surface area contributed by atoms with Crippen LogP contribution in [0.4, 0.5) is 0 Å². The van der Waals surface area contributed by atoms with Crippen molar-refractivity contribution in [2.24, 2.45) is 17.8 Å². The Morgan fingerprint density at radius 2 is 1.79 bits per heavy atom. The van der Waals surface area contributed by atoms with Crippen molar-refractivity contribution in [1.29, 1.82) is 0 Å². The van der Waals surface area contributed by atoms with E-state index in [2.05, 4.69) is 22.3 Å². The van der Waals surface area contributed by atoms with E-state index in [4.69, 9.17) is 11.6 Å². The summed E-state index contributed by atoms with van der Waals surface area (Å²) in [5.41, 5.74) is 2.90. The summed E-state index contributed by atoms with van der Waals surface area (Å²) in [7, 11) is 0. The van der Waals surface area contributed by atoms with Crippen LogP contribution in [0.5, 0.6) is 0 Å². The van der Waals surface area contributed by atoms with E-state index in [0.29, 0.717) is 29.9 Å². The molecular formula is C23H25ClN2O2. The van der Waals surface area contributed by atoms with Gasteiger partial charge >= 0.3 is 0 Å². The van der Waals surface area contributed by atoms with E-state index >= 15 is 0 Å². The molecule has 5 rings (SSSR count). The molecule has 2 aliphatic carbocycles. The van der Waals surface area contributed by atoms with Gasteiger partial charge in [-0.25, -0.2) is 0 Å². The number of fused-ring (bicyclic) bond motifs is 2. The van der Waals surface area contributed by atoms with Gasteiger partial charge in [0.25, 0.3) is 0 Å². The highest BCUT2D eigenvalue weighted by Gasteiger charge is 2.59. The lowest BCUT2D eigenvalue weighted by Crippen LogP contribution is -2.44. The number of halogens is 1. The second-order valence-electron chi connectivity index (χ2n) is 8.74. The maximum absolute atomic E-state index is 12.5. The number of hydrogen-bond acceptors (Lipinski definition) is 3. The first-order valence-electron chi connectivity index (χ1n) is 10.0. The zero-order chi connectivity index (χ0) is 19.3. The van der Waals surface area contributed by atoms with E-state index in [1.807, 2.05) is 36.4 Å². The van der Waals surface area contributed by atoms with Gasteiger partial charge in [0, 0.05) is 50.0 Å². The summed E-state index contributed by atoms with van der Waals surface area (Å²) in [6, 6.07) is 15.9. The molecule has 28 heavy (non-hydrogen) atoms. The molecule has 2 aromatic rings. The number of benzene rings is 2. The van der Waals surface area contributed by atoms with Gasteiger partial charge in [-0.1, -0.05) is 48.0 Å².